The standard InChI is InChI=1S/C18H23N3O5S/c1-10-13-15(22)19-12(20-16(13)27-14(10)17(23)24-2)9-21-6-4-3-5-11(21)18-25-7-8-26-18/h11,18H,3-9H2,1-2H3,(H,19,20,22). The molecule has 0 aromatic carbocycles. The van der Waals surface area contributed by atoms with Crippen LogP contribution in [0.3, 0.4) is 0 Å². The first kappa shape index (κ1) is 18.5. The van der Waals surface area contributed by atoms with Gasteiger partial charge in [0.1, 0.15) is 15.5 Å². The van der Waals surface area contributed by atoms with E-state index in [4.69, 9.17) is 14.2 Å². The topological polar surface area (TPSA) is 93.8 Å². The molecule has 2 aliphatic rings. The SMILES string of the molecule is COC(=O)c1sc2nc(CN3CCCCC3C3OCCO3)[nH]c(=O)c2c1C. The van der Waals surface area contributed by atoms with Crippen molar-refractivity contribution in [2.45, 2.75) is 45.1 Å². The lowest BCUT2D eigenvalue weighted by Gasteiger charge is -2.37. The molecular weight excluding hydrogens is 370 g/mol. The van der Waals surface area contributed by atoms with Gasteiger partial charge in [-0.15, -0.1) is 11.3 Å². The Hall–Kier alpha value is -1.81. The molecule has 0 saturated carbocycles. The third-order valence-electron chi connectivity index (χ3n) is 5.20. The lowest BCUT2D eigenvalue weighted by atomic mass is 10.0. The average molecular weight is 393 g/mol. The minimum atomic E-state index is -0.442. The number of carbonyl (C=O) groups is 1. The second-order valence-corrected chi connectivity index (χ2v) is 7.88. The van der Waals surface area contributed by atoms with E-state index in [-0.39, 0.29) is 17.9 Å². The molecule has 2 saturated heterocycles. The number of esters is 1. The molecule has 1 N–H and O–H groups in total. The molecule has 27 heavy (non-hydrogen) atoms. The van der Waals surface area contributed by atoms with Gasteiger partial charge in [0.2, 0.25) is 0 Å². The molecule has 0 bridgehead atoms. The van der Waals surface area contributed by atoms with Crippen LogP contribution in [-0.2, 0) is 20.8 Å². The van der Waals surface area contributed by atoms with Gasteiger partial charge in [-0.05, 0) is 31.9 Å². The molecular formula is C18H23N3O5S. The zero-order chi connectivity index (χ0) is 19.0. The van der Waals surface area contributed by atoms with Crippen LogP contribution in [0.5, 0.6) is 0 Å². The number of nitrogens with one attached hydrogen (secondary N) is 1. The highest BCUT2D eigenvalue weighted by atomic mass is 32.1. The molecule has 146 valence electrons. The lowest BCUT2D eigenvalue weighted by Crippen LogP contribution is -2.47. The summed E-state index contributed by atoms with van der Waals surface area (Å²) in [6.07, 6.45) is 3.03. The van der Waals surface area contributed by atoms with Crippen molar-refractivity contribution < 1.29 is 19.0 Å². The van der Waals surface area contributed by atoms with E-state index in [1.54, 1.807) is 6.92 Å². The van der Waals surface area contributed by atoms with Crippen LogP contribution in [0.4, 0.5) is 0 Å². The Balaban J connectivity index is 1.63. The molecule has 2 aliphatic heterocycles. The van der Waals surface area contributed by atoms with E-state index < -0.39 is 5.97 Å². The minimum Gasteiger partial charge on any atom is -0.465 e. The summed E-state index contributed by atoms with van der Waals surface area (Å²) in [4.78, 5) is 35.3. The van der Waals surface area contributed by atoms with E-state index >= 15 is 0 Å². The first-order valence-electron chi connectivity index (χ1n) is 9.16. The van der Waals surface area contributed by atoms with Gasteiger partial charge in [0.05, 0.1) is 38.3 Å². The molecule has 4 rings (SSSR count). The van der Waals surface area contributed by atoms with Crippen LogP contribution in [0.25, 0.3) is 10.2 Å². The van der Waals surface area contributed by atoms with Gasteiger partial charge in [0, 0.05) is 0 Å². The predicted octanol–water partition coefficient (Wildman–Crippen LogP) is 1.81. The summed E-state index contributed by atoms with van der Waals surface area (Å²) in [7, 11) is 1.33. The van der Waals surface area contributed by atoms with Crippen molar-refractivity contribution in [3.05, 3.63) is 26.6 Å². The number of aryl methyl sites for hydroxylation is 1. The molecule has 0 amide bonds. The summed E-state index contributed by atoms with van der Waals surface area (Å²) < 4.78 is 16.2. The van der Waals surface area contributed by atoms with E-state index in [0.717, 1.165) is 25.8 Å². The van der Waals surface area contributed by atoms with E-state index in [2.05, 4.69) is 14.9 Å². The number of carbonyl (C=O) groups excluding carboxylic acids is 1. The molecule has 4 heterocycles. The van der Waals surface area contributed by atoms with Gasteiger partial charge < -0.3 is 19.2 Å². The lowest BCUT2D eigenvalue weighted by molar-refractivity contribution is -0.111. The first-order chi connectivity index (χ1) is 13.1. The number of ether oxygens (including phenoxy) is 3. The quantitative estimate of drug-likeness (QED) is 0.792. The Morgan fingerprint density at radius 3 is 2.89 bits per heavy atom. The number of piperidine rings is 1. The van der Waals surface area contributed by atoms with E-state index in [1.165, 1.54) is 18.4 Å². The van der Waals surface area contributed by atoms with Gasteiger partial charge in [-0.3, -0.25) is 9.69 Å². The van der Waals surface area contributed by atoms with E-state index in [1.807, 2.05) is 0 Å². The minimum absolute atomic E-state index is 0.165. The van der Waals surface area contributed by atoms with Gasteiger partial charge in [-0.25, -0.2) is 9.78 Å². The largest absolute Gasteiger partial charge is 0.465 e. The Bertz CT molecular complexity index is 902. The van der Waals surface area contributed by atoms with Crippen molar-refractivity contribution in [1.82, 2.24) is 14.9 Å². The second kappa shape index (κ2) is 7.67. The number of H-pyrrole nitrogens is 1. The number of likely N-dealkylation sites (tertiary alicyclic amines) is 1. The zero-order valence-corrected chi connectivity index (χ0v) is 16.3. The van der Waals surface area contributed by atoms with Crippen LogP contribution in [0.1, 0.15) is 40.3 Å². The van der Waals surface area contributed by atoms with Crippen LogP contribution in [0, 0.1) is 6.92 Å². The van der Waals surface area contributed by atoms with Gasteiger partial charge in [0.25, 0.3) is 5.56 Å². The molecule has 0 aliphatic carbocycles. The predicted molar refractivity (Wildman–Crippen MR) is 100 cm³/mol. The highest BCUT2D eigenvalue weighted by Gasteiger charge is 2.34. The number of rotatable bonds is 4. The monoisotopic (exact) mass is 393 g/mol. The van der Waals surface area contributed by atoms with Crippen molar-refractivity contribution >= 4 is 27.5 Å². The number of aromatic amines is 1. The number of thiophene rings is 1. The number of nitrogens with zero attached hydrogens (tertiary/aromatic N) is 2. The van der Waals surface area contributed by atoms with Crippen molar-refractivity contribution in [3.63, 3.8) is 0 Å². The smallest absolute Gasteiger partial charge is 0.348 e. The summed E-state index contributed by atoms with van der Waals surface area (Å²) in [5.41, 5.74) is 0.395. The average Bonchev–Trinajstić information content (AvgIpc) is 3.30. The highest BCUT2D eigenvalue weighted by Crippen LogP contribution is 2.29. The first-order valence-corrected chi connectivity index (χ1v) is 9.98. The molecule has 1 unspecified atom stereocenters. The number of aromatic nitrogens is 2. The molecule has 2 aromatic rings. The normalized spacial score (nSPS) is 21.8. The molecule has 1 atom stereocenters. The maximum absolute atomic E-state index is 12.6. The van der Waals surface area contributed by atoms with Gasteiger partial charge >= 0.3 is 5.97 Å². The third kappa shape index (κ3) is 3.52. The van der Waals surface area contributed by atoms with Crippen molar-refractivity contribution in [1.29, 1.82) is 0 Å². The fraction of sp³-hybridized carbons (Fsp3) is 0.611. The Morgan fingerprint density at radius 2 is 2.15 bits per heavy atom. The van der Waals surface area contributed by atoms with Gasteiger partial charge in [0.15, 0.2) is 6.29 Å². The summed E-state index contributed by atoms with van der Waals surface area (Å²) >= 11 is 1.20. The van der Waals surface area contributed by atoms with Crippen LogP contribution < -0.4 is 5.56 Å². The van der Waals surface area contributed by atoms with Crippen LogP contribution in [0.15, 0.2) is 4.79 Å². The Labute approximate surface area is 160 Å². The van der Waals surface area contributed by atoms with E-state index in [0.29, 0.717) is 46.2 Å². The highest BCUT2D eigenvalue weighted by molar-refractivity contribution is 7.20. The van der Waals surface area contributed by atoms with E-state index in [9.17, 15) is 9.59 Å². The zero-order valence-electron chi connectivity index (χ0n) is 15.4. The fourth-order valence-electron chi connectivity index (χ4n) is 3.86. The summed E-state index contributed by atoms with van der Waals surface area (Å²) in [6.45, 7) is 4.43. The van der Waals surface area contributed by atoms with Gasteiger partial charge in [-0.2, -0.15) is 0 Å². The van der Waals surface area contributed by atoms with Crippen LogP contribution in [-0.4, -0.2) is 60.0 Å². The van der Waals surface area contributed by atoms with Crippen molar-refractivity contribution in [2.24, 2.45) is 0 Å². The third-order valence-corrected chi connectivity index (χ3v) is 6.36. The number of fused-ring (bicyclic) bond motifs is 1. The summed E-state index contributed by atoms with van der Waals surface area (Å²) in [5, 5.41) is 0.460. The maximum atomic E-state index is 12.6. The van der Waals surface area contributed by atoms with Crippen LogP contribution in [0.2, 0.25) is 0 Å². The molecule has 8 nitrogen and oxygen atoms in total. The molecule has 2 aromatic heterocycles. The molecule has 2 fully saturated rings. The number of methoxy groups -OCH3 is 1. The molecule has 0 spiro atoms. The number of hydrogen-bond acceptors (Lipinski definition) is 8. The van der Waals surface area contributed by atoms with Crippen molar-refractivity contribution in [3.8, 4) is 0 Å². The van der Waals surface area contributed by atoms with Crippen molar-refractivity contribution in [2.75, 3.05) is 26.9 Å². The Morgan fingerprint density at radius 1 is 1.37 bits per heavy atom. The summed E-state index contributed by atoms with van der Waals surface area (Å²) in [5.74, 6) is 0.151. The second-order valence-electron chi connectivity index (χ2n) is 6.88. The fourth-order valence-corrected chi connectivity index (χ4v) is 4.98. The molecule has 0 radical (unpaired) electrons. The molecule has 9 heteroatoms. The maximum Gasteiger partial charge on any atom is 0.348 e. The number of hydrogen-bond donors (Lipinski definition) is 1. The summed E-state index contributed by atoms with van der Waals surface area (Å²) in [6, 6.07) is 0.165. The van der Waals surface area contributed by atoms with Gasteiger partial charge in [-0.1, -0.05) is 6.42 Å². The Kier molecular flexibility index (Phi) is 5.27. The van der Waals surface area contributed by atoms with Crippen LogP contribution >= 0.6 is 11.3 Å².